The van der Waals surface area contributed by atoms with Crippen LogP contribution < -0.4 is 17.7 Å². The van der Waals surface area contributed by atoms with Gasteiger partial charge < -0.3 is 32.0 Å². The van der Waals surface area contributed by atoms with Crippen molar-refractivity contribution in [2.45, 2.75) is 13.3 Å². The quantitative estimate of drug-likeness (QED) is 0.221. The van der Waals surface area contributed by atoms with E-state index in [0.717, 1.165) is 24.0 Å². The van der Waals surface area contributed by atoms with E-state index in [9.17, 15) is 4.79 Å². The van der Waals surface area contributed by atoms with Gasteiger partial charge in [0, 0.05) is 18.5 Å². The molecule has 0 saturated heterocycles. The maximum Gasteiger partial charge on any atom is 0.314 e. The summed E-state index contributed by atoms with van der Waals surface area (Å²) in [4.78, 5) is 25.4. The van der Waals surface area contributed by atoms with Gasteiger partial charge in [0.1, 0.15) is 0 Å². The number of carbonyl (C=O) groups excluding carboxylic acids is 1. The highest BCUT2D eigenvalue weighted by Gasteiger charge is 2.06. The Bertz CT molecular complexity index is 276. The molecule has 6 nitrogen and oxygen atoms in total. The molecule has 0 spiro atoms. The molecule has 0 bridgehead atoms. The van der Waals surface area contributed by atoms with Gasteiger partial charge in [-0.1, -0.05) is 6.58 Å². The molecular formula is C10H24ClN2O4P. The van der Waals surface area contributed by atoms with Crippen molar-refractivity contribution in [1.29, 1.82) is 0 Å². The molecule has 0 heterocycles. The highest BCUT2D eigenvalue weighted by atomic mass is 35.5. The van der Waals surface area contributed by atoms with E-state index in [2.05, 4.69) is 33.0 Å². The number of carbonyl (C=O) groups is 1. The maximum absolute atomic E-state index is 11.1. The number of rotatable bonds is 5. The summed E-state index contributed by atoms with van der Waals surface area (Å²) < 4.78 is 9.67. The van der Waals surface area contributed by atoms with E-state index in [1.54, 1.807) is 6.92 Å². The number of amides is 1. The first kappa shape index (κ1) is 22.8. The standard InChI is InChI=1S/C10H20N2O.ClH.H3O3P/c1-9(2)10(13)11-7-6-8-12(3,4)5;;1-4(2)3/h1,6-8H2,2-5H3;1H;4H,(H2,1,2,3). The van der Waals surface area contributed by atoms with Crippen LogP contribution in [0.2, 0.25) is 0 Å². The lowest BCUT2D eigenvalue weighted by Gasteiger charge is -2.23. The van der Waals surface area contributed by atoms with Gasteiger partial charge in [0.25, 0.3) is 0 Å². The van der Waals surface area contributed by atoms with Crippen LogP contribution in [0.5, 0.6) is 0 Å². The molecule has 0 aromatic carbocycles. The minimum absolute atomic E-state index is 0. The average molecular weight is 303 g/mol. The average Bonchev–Trinajstić information content (AvgIpc) is 2.09. The van der Waals surface area contributed by atoms with Gasteiger partial charge in [-0.2, -0.15) is 0 Å². The van der Waals surface area contributed by atoms with E-state index in [4.69, 9.17) is 14.4 Å². The van der Waals surface area contributed by atoms with E-state index in [1.807, 2.05) is 0 Å². The molecule has 3 N–H and O–H groups in total. The van der Waals surface area contributed by atoms with Crippen molar-refractivity contribution in [3.05, 3.63) is 12.2 Å². The molecule has 110 valence electrons. The molecule has 0 aliphatic carbocycles. The second-order valence-electron chi connectivity index (χ2n) is 4.69. The second-order valence-corrected chi connectivity index (χ2v) is 5.25. The Morgan fingerprint density at radius 2 is 1.72 bits per heavy atom. The minimum atomic E-state index is -3.13. The minimum Gasteiger partial charge on any atom is -1.00 e. The number of quaternary nitrogens is 1. The molecule has 1 amide bonds. The van der Waals surface area contributed by atoms with Gasteiger partial charge in [0.15, 0.2) is 0 Å². The van der Waals surface area contributed by atoms with Crippen molar-refractivity contribution in [2.75, 3.05) is 34.2 Å². The van der Waals surface area contributed by atoms with Crippen LogP contribution in [0, 0.1) is 0 Å². The van der Waals surface area contributed by atoms with Crippen LogP contribution in [-0.4, -0.2) is 54.4 Å². The molecule has 0 aliphatic heterocycles. The van der Waals surface area contributed by atoms with Crippen molar-refractivity contribution < 1.29 is 36.0 Å². The normalized spacial score (nSPS) is 9.94. The smallest absolute Gasteiger partial charge is 0.314 e. The van der Waals surface area contributed by atoms with Crippen molar-refractivity contribution in [2.24, 2.45) is 0 Å². The first-order valence-electron chi connectivity index (χ1n) is 5.22. The highest BCUT2D eigenvalue weighted by molar-refractivity contribution is 7.30. The van der Waals surface area contributed by atoms with Gasteiger partial charge in [0.2, 0.25) is 5.91 Å². The molecule has 0 fully saturated rings. The van der Waals surface area contributed by atoms with Crippen LogP contribution in [0.15, 0.2) is 12.2 Å². The Kier molecular flexibility index (Phi) is 14.8. The zero-order valence-corrected chi connectivity index (χ0v) is 13.1. The molecule has 0 aliphatic rings. The Morgan fingerprint density at radius 1 is 1.33 bits per heavy atom. The Hall–Kier alpha value is -0.390. The van der Waals surface area contributed by atoms with Gasteiger partial charge in [-0.25, -0.2) is 0 Å². The number of hydrogen-bond donors (Lipinski definition) is 3. The molecule has 8 heteroatoms. The molecule has 0 rings (SSSR count). The summed E-state index contributed by atoms with van der Waals surface area (Å²) >= 11 is 0. The van der Waals surface area contributed by atoms with Crippen LogP contribution in [0.25, 0.3) is 0 Å². The summed E-state index contributed by atoms with van der Waals surface area (Å²) in [5.74, 6) is -0.0404. The topological polar surface area (TPSA) is 86.6 Å². The SMILES string of the molecule is C=C(C)C(=O)NCCC[N+](C)(C)C.O=[PH](O)O.[Cl-]. The largest absolute Gasteiger partial charge is 1.00 e. The first-order chi connectivity index (χ1) is 7.56. The van der Waals surface area contributed by atoms with Gasteiger partial charge in [-0.05, 0) is 6.92 Å². The molecule has 0 radical (unpaired) electrons. The Labute approximate surface area is 116 Å². The molecule has 0 saturated carbocycles. The first-order valence-corrected chi connectivity index (χ1v) is 6.52. The highest BCUT2D eigenvalue weighted by Crippen LogP contribution is 1.98. The number of nitrogens with zero attached hydrogens (tertiary/aromatic N) is 1. The Morgan fingerprint density at radius 3 is 2.00 bits per heavy atom. The summed E-state index contributed by atoms with van der Waals surface area (Å²) in [7, 11) is 3.29. The summed E-state index contributed by atoms with van der Waals surface area (Å²) in [5.41, 5.74) is 0.574. The van der Waals surface area contributed by atoms with Gasteiger partial charge in [0.05, 0.1) is 27.7 Å². The summed E-state index contributed by atoms with van der Waals surface area (Å²) in [6.07, 6.45) is 1.00. The lowest BCUT2D eigenvalue weighted by atomic mass is 10.3. The van der Waals surface area contributed by atoms with E-state index < -0.39 is 8.25 Å². The van der Waals surface area contributed by atoms with Crippen LogP contribution in [0.4, 0.5) is 0 Å². The van der Waals surface area contributed by atoms with Gasteiger partial charge >= 0.3 is 8.25 Å². The predicted octanol–water partition coefficient (Wildman–Crippen LogP) is -2.86. The van der Waals surface area contributed by atoms with Crippen molar-refractivity contribution in [3.63, 3.8) is 0 Å². The number of nitrogens with one attached hydrogen (secondary N) is 1. The van der Waals surface area contributed by atoms with E-state index >= 15 is 0 Å². The molecular weight excluding hydrogens is 279 g/mol. The lowest BCUT2D eigenvalue weighted by Crippen LogP contribution is -3.00. The third-order valence-corrected chi connectivity index (χ3v) is 1.68. The van der Waals surface area contributed by atoms with E-state index in [0.29, 0.717) is 5.57 Å². The van der Waals surface area contributed by atoms with Gasteiger partial charge in [-0.15, -0.1) is 0 Å². The summed E-state index contributed by atoms with van der Waals surface area (Å²) in [6, 6.07) is 0. The number of hydrogen-bond acceptors (Lipinski definition) is 2. The fraction of sp³-hybridized carbons (Fsp3) is 0.700. The van der Waals surface area contributed by atoms with Crippen LogP contribution in [0.1, 0.15) is 13.3 Å². The summed E-state index contributed by atoms with van der Waals surface area (Å²) in [5, 5.41) is 2.81. The molecule has 0 unspecified atom stereocenters. The Balaban J connectivity index is -0.000000392. The fourth-order valence-corrected chi connectivity index (χ4v) is 0.906. The third-order valence-electron chi connectivity index (χ3n) is 1.68. The molecule has 0 aromatic heterocycles. The zero-order valence-electron chi connectivity index (χ0n) is 11.4. The van der Waals surface area contributed by atoms with Crippen molar-refractivity contribution in [1.82, 2.24) is 5.32 Å². The zero-order chi connectivity index (χ0) is 14.1. The third kappa shape index (κ3) is 24.7. The predicted molar refractivity (Wildman–Crippen MR) is 68.8 cm³/mol. The molecule has 0 aromatic rings. The monoisotopic (exact) mass is 302 g/mol. The second kappa shape index (κ2) is 11.7. The maximum atomic E-state index is 11.1. The molecule has 0 atom stereocenters. The van der Waals surface area contributed by atoms with Crippen LogP contribution in [-0.2, 0) is 9.36 Å². The van der Waals surface area contributed by atoms with E-state index in [1.165, 1.54) is 0 Å². The van der Waals surface area contributed by atoms with Crippen molar-refractivity contribution >= 4 is 14.2 Å². The number of halogens is 1. The molecule has 18 heavy (non-hydrogen) atoms. The van der Waals surface area contributed by atoms with Gasteiger partial charge in [-0.3, -0.25) is 9.36 Å². The van der Waals surface area contributed by atoms with Crippen LogP contribution >= 0.6 is 8.25 Å². The van der Waals surface area contributed by atoms with Crippen molar-refractivity contribution in [3.8, 4) is 0 Å². The van der Waals surface area contributed by atoms with Crippen LogP contribution in [0.3, 0.4) is 0 Å². The lowest BCUT2D eigenvalue weighted by molar-refractivity contribution is -0.870. The fourth-order valence-electron chi connectivity index (χ4n) is 0.906. The summed E-state index contributed by atoms with van der Waals surface area (Å²) in [6.45, 7) is 7.09. The van der Waals surface area contributed by atoms with E-state index in [-0.39, 0.29) is 18.3 Å².